The number of pyridine rings is 1. The molecule has 0 aliphatic carbocycles. The predicted octanol–water partition coefficient (Wildman–Crippen LogP) is 7.15. The Bertz CT molecular complexity index is 1100. The Hall–Kier alpha value is -2.51. The largest absolute Gasteiger partial charge is 0.490 e. The molecule has 38 heavy (non-hydrogen) atoms. The van der Waals surface area contributed by atoms with Crippen molar-refractivity contribution in [2.24, 2.45) is 11.8 Å². The number of aryl methyl sites for hydroxylation is 2. The summed E-state index contributed by atoms with van der Waals surface area (Å²) in [7, 11) is 0. The summed E-state index contributed by atoms with van der Waals surface area (Å²) in [5.74, 6) is -5.10. The maximum atomic E-state index is 13.2. The van der Waals surface area contributed by atoms with Gasteiger partial charge in [-0.15, -0.1) is 0 Å². The molecule has 0 spiro atoms. The van der Waals surface area contributed by atoms with E-state index in [1.807, 2.05) is 0 Å². The number of hydrogen-bond donors (Lipinski definition) is 1. The fraction of sp³-hybridized carbons (Fsp3) is 0.667. The summed E-state index contributed by atoms with van der Waals surface area (Å²) in [5.41, 5.74) is -0.871. The highest BCUT2D eigenvalue weighted by atomic mass is 19.4. The molecule has 0 aromatic carbocycles. The molecule has 2 aromatic heterocycles. The standard InChI is InChI=1S/C24H29F9N2O3/c1-13-10-17(38-9-7-18(23(28,29)30)24(31,32)33)20-34-14(2)19(35(20)12-13)16(36)11-15(21(3,4)37)6-5-8-22(25,26)27/h10,12,15,18,37H,5-9,11H2,1-4H3. The molecular formula is C24H29F9N2O3. The van der Waals surface area contributed by atoms with Crippen molar-refractivity contribution < 1.29 is 54.2 Å². The van der Waals surface area contributed by atoms with Gasteiger partial charge in [-0.2, -0.15) is 39.5 Å². The van der Waals surface area contributed by atoms with E-state index in [1.54, 1.807) is 6.92 Å². The first-order valence-corrected chi connectivity index (χ1v) is 11.7. The SMILES string of the molecule is Cc1cc(OCCC(C(F)(F)F)C(F)(F)F)c2nc(C)c(C(=O)CC(CCCC(F)(F)F)C(C)(C)O)n2c1. The number of aromatic nitrogens is 2. The highest BCUT2D eigenvalue weighted by Gasteiger charge is 2.56. The van der Waals surface area contributed by atoms with E-state index in [1.165, 1.54) is 37.4 Å². The van der Waals surface area contributed by atoms with Gasteiger partial charge in [0.25, 0.3) is 0 Å². The molecule has 1 unspecified atom stereocenters. The lowest BCUT2D eigenvalue weighted by Crippen LogP contribution is -2.37. The third-order valence-electron chi connectivity index (χ3n) is 6.16. The van der Waals surface area contributed by atoms with Gasteiger partial charge in [-0.25, -0.2) is 4.98 Å². The van der Waals surface area contributed by atoms with Crippen molar-refractivity contribution in [2.45, 2.75) is 83.9 Å². The lowest BCUT2D eigenvalue weighted by Gasteiger charge is -2.29. The Morgan fingerprint density at radius 3 is 2.11 bits per heavy atom. The summed E-state index contributed by atoms with van der Waals surface area (Å²) in [5, 5.41) is 10.4. The van der Waals surface area contributed by atoms with E-state index < -0.39 is 61.2 Å². The van der Waals surface area contributed by atoms with Gasteiger partial charge in [0.15, 0.2) is 23.1 Å². The van der Waals surface area contributed by atoms with Crippen LogP contribution in [0.2, 0.25) is 0 Å². The molecule has 216 valence electrons. The molecule has 0 aliphatic heterocycles. The Labute approximate surface area is 213 Å². The Balaban J connectivity index is 2.30. The van der Waals surface area contributed by atoms with Crippen molar-refractivity contribution >= 4 is 11.4 Å². The zero-order chi connectivity index (χ0) is 29.3. The summed E-state index contributed by atoms with van der Waals surface area (Å²) in [6.45, 7) is 4.83. The van der Waals surface area contributed by atoms with Gasteiger partial charge in [0, 0.05) is 25.5 Å². The summed E-state index contributed by atoms with van der Waals surface area (Å²) < 4.78 is 121. The van der Waals surface area contributed by atoms with E-state index >= 15 is 0 Å². The predicted molar refractivity (Wildman–Crippen MR) is 119 cm³/mol. The fourth-order valence-electron chi connectivity index (χ4n) is 4.17. The molecule has 1 N–H and O–H groups in total. The van der Waals surface area contributed by atoms with Gasteiger partial charge in [-0.3, -0.25) is 9.20 Å². The number of hydrogen-bond acceptors (Lipinski definition) is 4. The highest BCUT2D eigenvalue weighted by Crippen LogP contribution is 2.41. The monoisotopic (exact) mass is 564 g/mol. The number of aliphatic hydroxyl groups is 1. The maximum Gasteiger partial charge on any atom is 0.400 e. The van der Waals surface area contributed by atoms with Crippen LogP contribution in [0.5, 0.6) is 5.75 Å². The smallest absolute Gasteiger partial charge is 0.400 e. The van der Waals surface area contributed by atoms with Gasteiger partial charge < -0.3 is 9.84 Å². The van der Waals surface area contributed by atoms with Gasteiger partial charge >= 0.3 is 18.5 Å². The van der Waals surface area contributed by atoms with Crippen molar-refractivity contribution in [2.75, 3.05) is 6.61 Å². The van der Waals surface area contributed by atoms with Crippen molar-refractivity contribution in [1.82, 2.24) is 9.38 Å². The second-order valence-electron chi connectivity index (χ2n) is 9.88. The second kappa shape index (κ2) is 11.3. The number of nitrogens with zero attached hydrogens (tertiary/aromatic N) is 2. The molecule has 14 heteroatoms. The third kappa shape index (κ3) is 8.50. The highest BCUT2D eigenvalue weighted by molar-refractivity contribution is 5.97. The van der Waals surface area contributed by atoms with E-state index in [-0.39, 0.29) is 42.0 Å². The fourth-order valence-corrected chi connectivity index (χ4v) is 4.17. The van der Waals surface area contributed by atoms with Crippen LogP contribution < -0.4 is 4.74 Å². The molecule has 2 rings (SSSR count). The van der Waals surface area contributed by atoms with Crippen LogP contribution in [-0.4, -0.2) is 51.0 Å². The quantitative estimate of drug-likeness (QED) is 0.233. The molecular weight excluding hydrogens is 535 g/mol. The van der Waals surface area contributed by atoms with E-state index in [2.05, 4.69) is 4.98 Å². The first-order valence-electron chi connectivity index (χ1n) is 11.7. The number of halogens is 9. The number of imidazole rings is 1. The van der Waals surface area contributed by atoms with Crippen molar-refractivity contribution in [1.29, 1.82) is 0 Å². The van der Waals surface area contributed by atoms with Crippen LogP contribution in [0.1, 0.15) is 67.7 Å². The average molecular weight is 564 g/mol. The Kier molecular flexibility index (Phi) is 9.43. The van der Waals surface area contributed by atoms with Crippen LogP contribution in [0.4, 0.5) is 39.5 Å². The minimum absolute atomic E-state index is 0.0158. The number of carbonyl (C=O) groups excluding carboxylic acids is 1. The topological polar surface area (TPSA) is 63.8 Å². The summed E-state index contributed by atoms with van der Waals surface area (Å²) in [6, 6.07) is 1.35. The van der Waals surface area contributed by atoms with Crippen molar-refractivity contribution in [3.05, 3.63) is 29.2 Å². The van der Waals surface area contributed by atoms with Crippen molar-refractivity contribution in [3.8, 4) is 5.75 Å². The van der Waals surface area contributed by atoms with Gasteiger partial charge in [0.1, 0.15) is 5.69 Å². The first kappa shape index (κ1) is 31.7. The van der Waals surface area contributed by atoms with Gasteiger partial charge in [-0.05, 0) is 58.1 Å². The first-order chi connectivity index (χ1) is 17.1. The molecule has 0 bridgehead atoms. The number of ketones is 1. The molecule has 2 heterocycles. The van der Waals surface area contributed by atoms with E-state index in [0.29, 0.717) is 5.56 Å². The summed E-state index contributed by atoms with van der Waals surface area (Å²) in [6.07, 6.45) is -17.1. The lowest BCUT2D eigenvalue weighted by molar-refractivity contribution is -0.286. The van der Waals surface area contributed by atoms with E-state index in [4.69, 9.17) is 4.74 Å². The normalized spacial score (nSPS) is 14.4. The van der Waals surface area contributed by atoms with Crippen LogP contribution in [0.25, 0.3) is 5.65 Å². The number of ether oxygens (including phenoxy) is 1. The number of carbonyl (C=O) groups is 1. The summed E-state index contributed by atoms with van der Waals surface area (Å²) in [4.78, 5) is 17.4. The summed E-state index contributed by atoms with van der Waals surface area (Å²) >= 11 is 0. The second-order valence-corrected chi connectivity index (χ2v) is 9.88. The van der Waals surface area contributed by atoms with Gasteiger partial charge in [0.05, 0.1) is 17.9 Å². The molecule has 5 nitrogen and oxygen atoms in total. The lowest BCUT2D eigenvalue weighted by atomic mass is 9.82. The number of fused-ring (bicyclic) bond motifs is 1. The number of alkyl halides is 9. The van der Waals surface area contributed by atoms with Crippen LogP contribution in [-0.2, 0) is 0 Å². The Morgan fingerprint density at radius 1 is 1.03 bits per heavy atom. The van der Waals surface area contributed by atoms with Crippen LogP contribution in [0.3, 0.4) is 0 Å². The third-order valence-corrected chi connectivity index (χ3v) is 6.16. The molecule has 0 radical (unpaired) electrons. The number of rotatable bonds is 11. The molecule has 0 fully saturated rings. The van der Waals surface area contributed by atoms with Gasteiger partial charge in [-0.1, -0.05) is 0 Å². The molecule has 0 saturated carbocycles. The molecule has 1 atom stereocenters. The maximum absolute atomic E-state index is 13.2. The van der Waals surface area contributed by atoms with Crippen molar-refractivity contribution in [3.63, 3.8) is 0 Å². The number of Topliss-reactive ketones (excluding diaryl/α,β-unsaturated/α-hetero) is 1. The average Bonchev–Trinajstić information content (AvgIpc) is 3.02. The zero-order valence-corrected chi connectivity index (χ0v) is 21.1. The zero-order valence-electron chi connectivity index (χ0n) is 21.1. The van der Waals surface area contributed by atoms with E-state index in [0.717, 1.165) is 0 Å². The van der Waals surface area contributed by atoms with Crippen LogP contribution >= 0.6 is 0 Å². The molecule has 0 saturated heterocycles. The minimum Gasteiger partial charge on any atom is -0.490 e. The van der Waals surface area contributed by atoms with Gasteiger partial charge in [0.2, 0.25) is 0 Å². The van der Waals surface area contributed by atoms with Crippen LogP contribution in [0.15, 0.2) is 12.3 Å². The Morgan fingerprint density at radius 2 is 1.61 bits per heavy atom. The van der Waals surface area contributed by atoms with E-state index in [9.17, 15) is 49.4 Å². The molecule has 0 amide bonds. The molecule has 0 aliphatic rings. The minimum atomic E-state index is -5.51. The molecule has 2 aromatic rings. The van der Waals surface area contributed by atoms with Crippen LogP contribution in [0, 0.1) is 25.7 Å².